The van der Waals surface area contributed by atoms with Crippen LogP contribution in [0.25, 0.3) is 0 Å². The van der Waals surface area contributed by atoms with Gasteiger partial charge in [0.05, 0.1) is 11.4 Å². The molecule has 0 heterocycles. The van der Waals surface area contributed by atoms with Crippen molar-refractivity contribution >= 4 is 10.0 Å². The number of hydrogen-bond donors (Lipinski definition) is 2. The Balaban J connectivity index is 3.98. The molecule has 0 aliphatic carbocycles. The van der Waals surface area contributed by atoms with Crippen LogP contribution in [0, 0.1) is 0 Å². The van der Waals surface area contributed by atoms with Crippen molar-refractivity contribution in [3.63, 3.8) is 0 Å². The molecule has 0 rings (SSSR count). The van der Waals surface area contributed by atoms with Crippen LogP contribution in [-0.4, -0.2) is 46.5 Å². The highest BCUT2D eigenvalue weighted by molar-refractivity contribution is 7.89. The standard InChI is InChI=1S/C10H24N2O3S/c1-5-15-10(2,3)9-12-16(13,14)8-6-7-11-4/h11-12H,5-9H2,1-4H3. The van der Waals surface area contributed by atoms with Crippen LogP contribution >= 0.6 is 0 Å². The normalized spacial score (nSPS) is 13.0. The summed E-state index contributed by atoms with van der Waals surface area (Å²) < 4.78 is 31.1. The minimum Gasteiger partial charge on any atom is -0.375 e. The Labute approximate surface area is 99.0 Å². The van der Waals surface area contributed by atoms with Crippen molar-refractivity contribution in [3.8, 4) is 0 Å². The van der Waals surface area contributed by atoms with Gasteiger partial charge >= 0.3 is 0 Å². The monoisotopic (exact) mass is 252 g/mol. The molecule has 0 aromatic rings. The smallest absolute Gasteiger partial charge is 0.211 e. The van der Waals surface area contributed by atoms with Crippen molar-refractivity contribution in [1.82, 2.24) is 10.0 Å². The van der Waals surface area contributed by atoms with E-state index in [0.717, 1.165) is 0 Å². The molecule has 98 valence electrons. The van der Waals surface area contributed by atoms with Crippen LogP contribution in [0.1, 0.15) is 27.2 Å². The SMILES string of the molecule is CCOC(C)(C)CNS(=O)(=O)CCCNC. The molecule has 5 nitrogen and oxygen atoms in total. The maximum Gasteiger partial charge on any atom is 0.211 e. The van der Waals surface area contributed by atoms with E-state index in [2.05, 4.69) is 10.0 Å². The first-order valence-corrected chi connectivity index (χ1v) is 7.24. The number of rotatable bonds is 9. The molecule has 0 spiro atoms. The molecule has 0 saturated heterocycles. The highest BCUT2D eigenvalue weighted by Gasteiger charge is 2.20. The second-order valence-corrected chi connectivity index (χ2v) is 6.22. The lowest BCUT2D eigenvalue weighted by atomic mass is 10.1. The maximum atomic E-state index is 11.6. The third-order valence-corrected chi connectivity index (χ3v) is 3.50. The molecule has 0 aromatic heterocycles. The Morgan fingerprint density at radius 2 is 1.94 bits per heavy atom. The zero-order chi connectivity index (χ0) is 12.7. The molecule has 0 amide bonds. The van der Waals surface area contributed by atoms with Crippen molar-refractivity contribution in [2.45, 2.75) is 32.8 Å². The van der Waals surface area contributed by atoms with E-state index in [4.69, 9.17) is 4.74 Å². The molecule has 2 N–H and O–H groups in total. The molecule has 16 heavy (non-hydrogen) atoms. The Bertz CT molecular complexity index is 276. The summed E-state index contributed by atoms with van der Waals surface area (Å²) in [6.45, 7) is 7.22. The molecule has 0 radical (unpaired) electrons. The summed E-state index contributed by atoms with van der Waals surface area (Å²) in [6.07, 6.45) is 0.612. The maximum absolute atomic E-state index is 11.6. The predicted molar refractivity (Wildman–Crippen MR) is 66.0 cm³/mol. The largest absolute Gasteiger partial charge is 0.375 e. The fourth-order valence-corrected chi connectivity index (χ4v) is 2.47. The highest BCUT2D eigenvalue weighted by Crippen LogP contribution is 2.07. The quantitative estimate of drug-likeness (QED) is 0.580. The fourth-order valence-electron chi connectivity index (χ4n) is 1.24. The molecular weight excluding hydrogens is 228 g/mol. The van der Waals surface area contributed by atoms with Gasteiger partial charge in [-0.2, -0.15) is 0 Å². The second kappa shape index (κ2) is 7.21. The molecule has 0 aliphatic heterocycles. The number of ether oxygens (including phenoxy) is 1. The van der Waals surface area contributed by atoms with Gasteiger partial charge in [0, 0.05) is 13.2 Å². The van der Waals surface area contributed by atoms with Gasteiger partial charge in [0.15, 0.2) is 0 Å². The lowest BCUT2D eigenvalue weighted by molar-refractivity contribution is -0.00514. The van der Waals surface area contributed by atoms with Crippen molar-refractivity contribution in [3.05, 3.63) is 0 Å². The van der Waals surface area contributed by atoms with Gasteiger partial charge < -0.3 is 10.1 Å². The van der Waals surface area contributed by atoms with Crippen molar-refractivity contribution < 1.29 is 13.2 Å². The van der Waals surface area contributed by atoms with Gasteiger partial charge in [0.1, 0.15) is 0 Å². The molecule has 0 aliphatic rings. The average Bonchev–Trinajstić information content (AvgIpc) is 2.16. The molecule has 0 unspecified atom stereocenters. The van der Waals surface area contributed by atoms with E-state index >= 15 is 0 Å². The van der Waals surface area contributed by atoms with Gasteiger partial charge in [-0.25, -0.2) is 13.1 Å². The van der Waals surface area contributed by atoms with Gasteiger partial charge in [-0.05, 0) is 40.8 Å². The molecule has 0 saturated carbocycles. The van der Waals surface area contributed by atoms with Crippen LogP contribution in [0.4, 0.5) is 0 Å². The van der Waals surface area contributed by atoms with Crippen LogP contribution < -0.4 is 10.0 Å². The summed E-state index contributed by atoms with van der Waals surface area (Å²) in [5.74, 6) is 0.149. The lowest BCUT2D eigenvalue weighted by Gasteiger charge is -2.24. The van der Waals surface area contributed by atoms with Crippen LogP contribution in [0.3, 0.4) is 0 Å². The number of hydrogen-bond acceptors (Lipinski definition) is 4. The van der Waals surface area contributed by atoms with Crippen LogP contribution in [0.5, 0.6) is 0 Å². The van der Waals surface area contributed by atoms with Crippen molar-refractivity contribution in [2.24, 2.45) is 0 Å². The Morgan fingerprint density at radius 1 is 1.31 bits per heavy atom. The summed E-state index contributed by atoms with van der Waals surface area (Å²) >= 11 is 0. The van der Waals surface area contributed by atoms with Gasteiger partial charge in [-0.1, -0.05) is 0 Å². The van der Waals surface area contributed by atoms with E-state index in [1.807, 2.05) is 20.8 Å². The summed E-state index contributed by atoms with van der Waals surface area (Å²) in [5.41, 5.74) is -0.454. The van der Waals surface area contributed by atoms with Gasteiger partial charge in [-0.3, -0.25) is 0 Å². The molecule has 0 fully saturated rings. The zero-order valence-electron chi connectivity index (χ0n) is 10.7. The van der Waals surface area contributed by atoms with Crippen LogP contribution in [0.2, 0.25) is 0 Å². The Hall–Kier alpha value is -0.170. The molecule has 0 bridgehead atoms. The Kier molecular flexibility index (Phi) is 7.14. The van der Waals surface area contributed by atoms with E-state index in [1.165, 1.54) is 0 Å². The lowest BCUT2D eigenvalue weighted by Crippen LogP contribution is -2.41. The molecule has 0 atom stereocenters. The summed E-state index contributed by atoms with van der Waals surface area (Å²) in [7, 11) is -1.37. The van der Waals surface area contributed by atoms with Crippen LogP contribution in [-0.2, 0) is 14.8 Å². The number of nitrogens with one attached hydrogen (secondary N) is 2. The predicted octanol–water partition coefficient (Wildman–Crippen LogP) is 0.330. The first-order valence-electron chi connectivity index (χ1n) is 5.59. The minimum atomic E-state index is -3.18. The average molecular weight is 252 g/mol. The zero-order valence-corrected chi connectivity index (χ0v) is 11.5. The number of sulfonamides is 1. The van der Waals surface area contributed by atoms with Crippen molar-refractivity contribution in [2.75, 3.05) is 32.5 Å². The van der Waals surface area contributed by atoms with Gasteiger partial charge in [-0.15, -0.1) is 0 Å². The third kappa shape index (κ3) is 8.04. The molecule has 6 heteroatoms. The summed E-state index contributed by atoms with van der Waals surface area (Å²) in [5, 5.41) is 2.92. The highest BCUT2D eigenvalue weighted by atomic mass is 32.2. The summed E-state index contributed by atoms with van der Waals surface area (Å²) in [6, 6.07) is 0. The van der Waals surface area contributed by atoms with Gasteiger partial charge in [0.2, 0.25) is 10.0 Å². The van der Waals surface area contributed by atoms with Crippen molar-refractivity contribution in [1.29, 1.82) is 0 Å². The summed E-state index contributed by atoms with van der Waals surface area (Å²) in [4.78, 5) is 0. The van der Waals surface area contributed by atoms with E-state index in [0.29, 0.717) is 26.1 Å². The van der Waals surface area contributed by atoms with Gasteiger partial charge in [0.25, 0.3) is 0 Å². The third-order valence-electron chi connectivity index (χ3n) is 2.09. The minimum absolute atomic E-state index is 0.149. The first-order chi connectivity index (χ1) is 7.33. The van der Waals surface area contributed by atoms with E-state index in [-0.39, 0.29) is 5.75 Å². The van der Waals surface area contributed by atoms with E-state index < -0.39 is 15.6 Å². The molecular formula is C10H24N2O3S. The van der Waals surface area contributed by atoms with Crippen LogP contribution in [0.15, 0.2) is 0 Å². The first kappa shape index (κ1) is 15.8. The van der Waals surface area contributed by atoms with E-state index in [9.17, 15) is 8.42 Å². The second-order valence-electron chi connectivity index (χ2n) is 4.29. The fraction of sp³-hybridized carbons (Fsp3) is 1.00. The Morgan fingerprint density at radius 3 is 2.44 bits per heavy atom. The topological polar surface area (TPSA) is 67.4 Å². The molecule has 0 aromatic carbocycles. The van der Waals surface area contributed by atoms with E-state index in [1.54, 1.807) is 7.05 Å².